The van der Waals surface area contributed by atoms with Crippen molar-refractivity contribution < 1.29 is 4.92 Å². The zero-order valence-electron chi connectivity index (χ0n) is 10.0. The SMILES string of the molecule is O=[N+]([O-])c1ccc(CCNc2cncc(Br)c2)cc1. The van der Waals surface area contributed by atoms with E-state index < -0.39 is 4.92 Å². The fourth-order valence-corrected chi connectivity index (χ4v) is 2.01. The van der Waals surface area contributed by atoms with E-state index in [-0.39, 0.29) is 5.69 Å². The number of non-ortho nitro benzene ring substituents is 1. The molecule has 1 aromatic heterocycles. The van der Waals surface area contributed by atoms with Crippen molar-refractivity contribution in [2.45, 2.75) is 6.42 Å². The monoisotopic (exact) mass is 321 g/mol. The summed E-state index contributed by atoms with van der Waals surface area (Å²) in [6.07, 6.45) is 4.27. The van der Waals surface area contributed by atoms with E-state index in [1.165, 1.54) is 12.1 Å². The molecular weight excluding hydrogens is 310 g/mol. The molecule has 2 aromatic rings. The minimum absolute atomic E-state index is 0.118. The van der Waals surface area contributed by atoms with E-state index in [1.54, 1.807) is 24.5 Å². The molecule has 1 N–H and O–H groups in total. The quantitative estimate of drug-likeness (QED) is 0.677. The van der Waals surface area contributed by atoms with E-state index >= 15 is 0 Å². The van der Waals surface area contributed by atoms with Gasteiger partial charge in [0.25, 0.3) is 5.69 Å². The number of nitro benzene ring substituents is 1. The lowest BCUT2D eigenvalue weighted by atomic mass is 10.1. The van der Waals surface area contributed by atoms with E-state index in [0.717, 1.165) is 28.7 Å². The average Bonchev–Trinajstić information content (AvgIpc) is 2.39. The average molecular weight is 322 g/mol. The summed E-state index contributed by atoms with van der Waals surface area (Å²) in [5, 5.41) is 13.8. The fourth-order valence-electron chi connectivity index (χ4n) is 1.64. The number of hydrogen-bond donors (Lipinski definition) is 1. The number of nitrogens with one attached hydrogen (secondary N) is 1. The highest BCUT2D eigenvalue weighted by Gasteiger charge is 2.03. The van der Waals surface area contributed by atoms with Crippen molar-refractivity contribution >= 4 is 27.3 Å². The maximum absolute atomic E-state index is 10.5. The number of nitrogens with zero attached hydrogens (tertiary/aromatic N) is 2. The van der Waals surface area contributed by atoms with Crippen LogP contribution in [0.15, 0.2) is 47.2 Å². The van der Waals surface area contributed by atoms with Crippen molar-refractivity contribution in [3.63, 3.8) is 0 Å². The molecule has 0 aliphatic carbocycles. The summed E-state index contributed by atoms with van der Waals surface area (Å²) >= 11 is 3.35. The molecule has 98 valence electrons. The van der Waals surface area contributed by atoms with Gasteiger partial charge in [-0.25, -0.2) is 0 Å². The lowest BCUT2D eigenvalue weighted by Crippen LogP contribution is -2.05. The minimum atomic E-state index is -0.394. The van der Waals surface area contributed by atoms with Gasteiger partial charge in [0.15, 0.2) is 0 Å². The molecule has 2 rings (SSSR count). The lowest BCUT2D eigenvalue weighted by Gasteiger charge is -2.06. The Morgan fingerprint density at radius 1 is 1.26 bits per heavy atom. The molecule has 1 heterocycles. The van der Waals surface area contributed by atoms with Crippen molar-refractivity contribution in [3.05, 3.63) is 62.9 Å². The smallest absolute Gasteiger partial charge is 0.269 e. The minimum Gasteiger partial charge on any atom is -0.383 e. The van der Waals surface area contributed by atoms with Gasteiger partial charge in [-0.1, -0.05) is 12.1 Å². The molecule has 0 amide bonds. The first kappa shape index (κ1) is 13.5. The second-order valence-corrected chi connectivity index (χ2v) is 4.91. The van der Waals surface area contributed by atoms with Gasteiger partial charge in [-0.2, -0.15) is 0 Å². The Kier molecular flexibility index (Phi) is 4.46. The number of rotatable bonds is 5. The van der Waals surface area contributed by atoms with Gasteiger partial charge in [-0.3, -0.25) is 15.1 Å². The van der Waals surface area contributed by atoms with Crippen LogP contribution in [0.4, 0.5) is 11.4 Å². The van der Waals surface area contributed by atoms with Crippen molar-refractivity contribution in [3.8, 4) is 0 Å². The molecule has 1 aromatic carbocycles. The highest BCUT2D eigenvalue weighted by molar-refractivity contribution is 9.10. The molecular formula is C13H12BrN3O2. The van der Waals surface area contributed by atoms with Crippen molar-refractivity contribution in [2.24, 2.45) is 0 Å². The Hall–Kier alpha value is -1.95. The van der Waals surface area contributed by atoms with E-state index in [0.29, 0.717) is 0 Å². The molecule has 0 unspecified atom stereocenters. The predicted molar refractivity (Wildman–Crippen MR) is 77.2 cm³/mol. The number of anilines is 1. The van der Waals surface area contributed by atoms with Crippen LogP contribution in [0.2, 0.25) is 0 Å². The molecule has 0 saturated heterocycles. The van der Waals surface area contributed by atoms with Crippen LogP contribution in [0, 0.1) is 10.1 Å². The van der Waals surface area contributed by atoms with E-state index in [1.807, 2.05) is 6.07 Å². The van der Waals surface area contributed by atoms with Gasteiger partial charge in [-0.05, 0) is 34.0 Å². The van der Waals surface area contributed by atoms with Gasteiger partial charge in [0.1, 0.15) is 0 Å². The van der Waals surface area contributed by atoms with Crippen molar-refractivity contribution in [2.75, 3.05) is 11.9 Å². The van der Waals surface area contributed by atoms with Gasteiger partial charge < -0.3 is 5.32 Å². The molecule has 19 heavy (non-hydrogen) atoms. The number of hydrogen-bond acceptors (Lipinski definition) is 4. The van der Waals surface area contributed by atoms with E-state index in [9.17, 15) is 10.1 Å². The number of benzene rings is 1. The Bertz CT molecular complexity index is 572. The van der Waals surface area contributed by atoms with Gasteiger partial charge >= 0.3 is 0 Å². The number of nitro groups is 1. The van der Waals surface area contributed by atoms with Gasteiger partial charge in [0, 0.05) is 29.3 Å². The van der Waals surface area contributed by atoms with E-state index in [4.69, 9.17) is 0 Å². The summed E-state index contributed by atoms with van der Waals surface area (Å²) in [6.45, 7) is 0.746. The molecule has 0 fully saturated rings. The van der Waals surface area contributed by atoms with Gasteiger partial charge in [0.2, 0.25) is 0 Å². The number of aromatic nitrogens is 1. The lowest BCUT2D eigenvalue weighted by molar-refractivity contribution is -0.384. The van der Waals surface area contributed by atoms with E-state index in [2.05, 4.69) is 26.2 Å². The summed E-state index contributed by atoms with van der Waals surface area (Å²) in [4.78, 5) is 14.2. The van der Waals surface area contributed by atoms with Crippen LogP contribution in [0.3, 0.4) is 0 Å². The zero-order valence-corrected chi connectivity index (χ0v) is 11.6. The van der Waals surface area contributed by atoms with Crippen LogP contribution in [-0.2, 0) is 6.42 Å². The second-order valence-electron chi connectivity index (χ2n) is 3.99. The summed E-state index contributed by atoms with van der Waals surface area (Å²) in [5.74, 6) is 0. The van der Waals surface area contributed by atoms with Crippen molar-refractivity contribution in [1.29, 1.82) is 0 Å². The molecule has 0 aliphatic heterocycles. The summed E-state index contributed by atoms with van der Waals surface area (Å²) in [6, 6.07) is 8.55. The summed E-state index contributed by atoms with van der Waals surface area (Å²) in [5.41, 5.74) is 2.12. The zero-order chi connectivity index (χ0) is 13.7. The van der Waals surface area contributed by atoms with Crippen LogP contribution < -0.4 is 5.32 Å². The molecule has 0 atom stereocenters. The molecule has 5 nitrogen and oxygen atoms in total. The fraction of sp³-hybridized carbons (Fsp3) is 0.154. The van der Waals surface area contributed by atoms with Crippen LogP contribution in [0.5, 0.6) is 0 Å². The third-order valence-electron chi connectivity index (χ3n) is 2.59. The Morgan fingerprint density at radius 3 is 2.63 bits per heavy atom. The van der Waals surface area contributed by atoms with Gasteiger partial charge in [0.05, 0.1) is 16.8 Å². The summed E-state index contributed by atoms with van der Waals surface area (Å²) in [7, 11) is 0. The highest BCUT2D eigenvalue weighted by Crippen LogP contribution is 2.15. The molecule has 0 saturated carbocycles. The number of pyridine rings is 1. The van der Waals surface area contributed by atoms with Gasteiger partial charge in [-0.15, -0.1) is 0 Å². The molecule has 6 heteroatoms. The first-order valence-corrected chi connectivity index (χ1v) is 6.52. The summed E-state index contributed by atoms with van der Waals surface area (Å²) < 4.78 is 0.924. The third-order valence-corrected chi connectivity index (χ3v) is 3.03. The highest BCUT2D eigenvalue weighted by atomic mass is 79.9. The third kappa shape index (κ3) is 4.03. The maximum Gasteiger partial charge on any atom is 0.269 e. The topological polar surface area (TPSA) is 68.1 Å². The second kappa shape index (κ2) is 6.29. The van der Waals surface area contributed by atoms with Crippen molar-refractivity contribution in [1.82, 2.24) is 4.98 Å². The molecule has 0 radical (unpaired) electrons. The largest absolute Gasteiger partial charge is 0.383 e. The Balaban J connectivity index is 1.87. The van der Waals surface area contributed by atoms with Crippen LogP contribution >= 0.6 is 15.9 Å². The maximum atomic E-state index is 10.5. The Labute approximate surface area is 119 Å². The Morgan fingerprint density at radius 2 is 2.00 bits per heavy atom. The molecule has 0 aliphatic rings. The van der Waals surface area contributed by atoms with Crippen LogP contribution in [0.1, 0.15) is 5.56 Å². The van der Waals surface area contributed by atoms with Crippen LogP contribution in [0.25, 0.3) is 0 Å². The molecule has 0 spiro atoms. The first-order valence-electron chi connectivity index (χ1n) is 5.73. The number of halogens is 1. The predicted octanol–water partition coefficient (Wildman–Crippen LogP) is 3.41. The first-order chi connectivity index (χ1) is 9.15. The molecule has 0 bridgehead atoms. The normalized spacial score (nSPS) is 10.2. The van der Waals surface area contributed by atoms with Crippen LogP contribution in [-0.4, -0.2) is 16.5 Å². The standard InChI is InChI=1S/C13H12BrN3O2/c14-11-7-12(9-15-8-11)16-6-5-10-1-3-13(4-2-10)17(18)19/h1-4,7-9,16H,5-6H2.